The maximum atomic E-state index is 5.42. The quantitative estimate of drug-likeness (QED) is 0.710. The first-order valence-corrected chi connectivity index (χ1v) is 9.83. The molecular weight excluding hydrogens is 324 g/mol. The molecule has 2 aromatic heterocycles. The fourth-order valence-electron chi connectivity index (χ4n) is 3.10. The minimum absolute atomic E-state index is 0.0798. The van der Waals surface area contributed by atoms with Crippen LogP contribution in [-0.4, -0.2) is 38.0 Å². The SMILES string of the molecule is CCCc1noc([C@H](C)Sc2nnc(N3CCCC3)n2C2CC2)n1. The lowest BCUT2D eigenvalue weighted by molar-refractivity contribution is 0.374. The summed E-state index contributed by atoms with van der Waals surface area (Å²) in [6.07, 6.45) is 6.83. The van der Waals surface area contributed by atoms with Crippen LogP contribution in [0.3, 0.4) is 0 Å². The predicted octanol–water partition coefficient (Wildman–Crippen LogP) is 3.40. The minimum Gasteiger partial charge on any atom is -0.341 e. The van der Waals surface area contributed by atoms with E-state index in [2.05, 4.69) is 43.7 Å². The molecule has 1 saturated carbocycles. The van der Waals surface area contributed by atoms with Gasteiger partial charge < -0.3 is 9.42 Å². The molecule has 0 radical (unpaired) electrons. The molecule has 130 valence electrons. The zero-order chi connectivity index (χ0) is 16.5. The Bertz CT molecular complexity index is 689. The number of anilines is 1. The van der Waals surface area contributed by atoms with Gasteiger partial charge in [0.2, 0.25) is 11.8 Å². The Balaban J connectivity index is 1.53. The summed E-state index contributed by atoms with van der Waals surface area (Å²) >= 11 is 1.67. The van der Waals surface area contributed by atoms with Gasteiger partial charge in [0.05, 0.1) is 5.25 Å². The second kappa shape index (κ2) is 6.74. The molecule has 1 saturated heterocycles. The van der Waals surface area contributed by atoms with Gasteiger partial charge in [-0.2, -0.15) is 4.98 Å². The van der Waals surface area contributed by atoms with Gasteiger partial charge in [0, 0.05) is 25.6 Å². The van der Waals surface area contributed by atoms with Gasteiger partial charge in [0.1, 0.15) is 0 Å². The van der Waals surface area contributed by atoms with E-state index >= 15 is 0 Å². The summed E-state index contributed by atoms with van der Waals surface area (Å²) in [6.45, 7) is 6.39. The van der Waals surface area contributed by atoms with E-state index in [0.29, 0.717) is 11.9 Å². The molecule has 1 aliphatic carbocycles. The van der Waals surface area contributed by atoms with Crippen LogP contribution in [0.1, 0.15) is 69.0 Å². The van der Waals surface area contributed by atoms with Crippen molar-refractivity contribution >= 4 is 17.7 Å². The number of hydrogen-bond acceptors (Lipinski definition) is 7. The van der Waals surface area contributed by atoms with E-state index in [4.69, 9.17) is 4.52 Å². The van der Waals surface area contributed by atoms with Crippen LogP contribution in [0.15, 0.2) is 9.68 Å². The van der Waals surface area contributed by atoms with E-state index in [1.807, 2.05) is 0 Å². The van der Waals surface area contributed by atoms with Gasteiger partial charge in [-0.05, 0) is 39.0 Å². The fourth-order valence-corrected chi connectivity index (χ4v) is 4.05. The molecule has 2 aromatic rings. The zero-order valence-electron chi connectivity index (χ0n) is 14.3. The van der Waals surface area contributed by atoms with Crippen molar-refractivity contribution in [3.63, 3.8) is 0 Å². The molecule has 24 heavy (non-hydrogen) atoms. The van der Waals surface area contributed by atoms with Gasteiger partial charge in [-0.25, -0.2) is 0 Å². The molecule has 0 N–H and O–H groups in total. The van der Waals surface area contributed by atoms with Gasteiger partial charge >= 0.3 is 0 Å². The summed E-state index contributed by atoms with van der Waals surface area (Å²) in [4.78, 5) is 6.87. The van der Waals surface area contributed by atoms with Crippen molar-refractivity contribution in [1.29, 1.82) is 0 Å². The van der Waals surface area contributed by atoms with Crippen molar-refractivity contribution in [2.45, 2.75) is 68.8 Å². The van der Waals surface area contributed by atoms with E-state index in [-0.39, 0.29) is 5.25 Å². The molecule has 7 nitrogen and oxygen atoms in total. The highest BCUT2D eigenvalue weighted by molar-refractivity contribution is 7.99. The summed E-state index contributed by atoms with van der Waals surface area (Å²) in [5.74, 6) is 2.51. The van der Waals surface area contributed by atoms with Crippen molar-refractivity contribution in [3.8, 4) is 0 Å². The number of rotatable bonds is 7. The molecule has 0 unspecified atom stereocenters. The van der Waals surface area contributed by atoms with Gasteiger partial charge in [-0.15, -0.1) is 10.2 Å². The Morgan fingerprint density at radius 3 is 2.75 bits per heavy atom. The van der Waals surface area contributed by atoms with Gasteiger partial charge in [0.15, 0.2) is 11.0 Å². The van der Waals surface area contributed by atoms with Crippen molar-refractivity contribution in [1.82, 2.24) is 24.9 Å². The molecular formula is C16H24N6OS. The van der Waals surface area contributed by atoms with Crippen LogP contribution in [0.4, 0.5) is 5.95 Å². The summed E-state index contributed by atoms with van der Waals surface area (Å²) in [6, 6.07) is 0.559. The van der Waals surface area contributed by atoms with Crippen LogP contribution in [0.2, 0.25) is 0 Å². The van der Waals surface area contributed by atoms with Crippen molar-refractivity contribution in [3.05, 3.63) is 11.7 Å². The monoisotopic (exact) mass is 348 g/mol. The molecule has 8 heteroatoms. The highest BCUT2D eigenvalue weighted by Gasteiger charge is 2.33. The van der Waals surface area contributed by atoms with E-state index in [0.717, 1.165) is 42.9 Å². The van der Waals surface area contributed by atoms with Crippen LogP contribution >= 0.6 is 11.8 Å². The number of thioether (sulfide) groups is 1. The van der Waals surface area contributed by atoms with E-state index in [1.54, 1.807) is 11.8 Å². The maximum absolute atomic E-state index is 5.42. The zero-order valence-corrected chi connectivity index (χ0v) is 15.1. The van der Waals surface area contributed by atoms with Crippen molar-refractivity contribution in [2.24, 2.45) is 0 Å². The topological polar surface area (TPSA) is 72.9 Å². The molecule has 1 atom stereocenters. The molecule has 0 spiro atoms. The predicted molar refractivity (Wildman–Crippen MR) is 92.3 cm³/mol. The number of nitrogens with zero attached hydrogens (tertiary/aromatic N) is 6. The van der Waals surface area contributed by atoms with Gasteiger partial charge in [-0.1, -0.05) is 23.8 Å². The van der Waals surface area contributed by atoms with Crippen molar-refractivity contribution < 1.29 is 4.52 Å². The lowest BCUT2D eigenvalue weighted by atomic mass is 10.3. The van der Waals surface area contributed by atoms with Crippen molar-refractivity contribution in [2.75, 3.05) is 18.0 Å². The third-order valence-electron chi connectivity index (χ3n) is 4.53. The Labute approximate surface area is 146 Å². The third kappa shape index (κ3) is 3.16. The minimum atomic E-state index is 0.0798. The van der Waals surface area contributed by atoms with E-state index < -0.39 is 0 Å². The normalized spacial score (nSPS) is 19.2. The fraction of sp³-hybridized carbons (Fsp3) is 0.750. The molecule has 2 aliphatic rings. The first kappa shape index (κ1) is 15.9. The first-order chi connectivity index (χ1) is 11.8. The van der Waals surface area contributed by atoms with E-state index in [9.17, 15) is 0 Å². The average molecular weight is 348 g/mol. The molecule has 3 heterocycles. The standard InChI is InChI=1S/C16H24N6OS/c1-3-6-13-17-14(23-20-13)11(2)24-16-19-18-15(21-9-4-5-10-21)22(16)12-7-8-12/h11-12H,3-10H2,1-2H3/t11-/m0/s1. The molecule has 0 aromatic carbocycles. The smallest absolute Gasteiger partial charge is 0.239 e. The number of hydrogen-bond donors (Lipinski definition) is 0. The highest BCUT2D eigenvalue weighted by atomic mass is 32.2. The Hall–Kier alpha value is -1.57. The van der Waals surface area contributed by atoms with Crippen LogP contribution in [0, 0.1) is 0 Å². The molecule has 1 aliphatic heterocycles. The average Bonchev–Trinajstić information content (AvgIpc) is 3.00. The summed E-state index contributed by atoms with van der Waals surface area (Å²) in [5.41, 5.74) is 0. The second-order valence-corrected chi connectivity index (χ2v) is 7.94. The second-order valence-electron chi connectivity index (χ2n) is 6.64. The first-order valence-electron chi connectivity index (χ1n) is 8.95. The molecule has 2 fully saturated rings. The number of aryl methyl sites for hydroxylation is 1. The Kier molecular flexibility index (Phi) is 4.47. The summed E-state index contributed by atoms with van der Waals surface area (Å²) < 4.78 is 7.75. The maximum Gasteiger partial charge on any atom is 0.239 e. The lowest BCUT2D eigenvalue weighted by Gasteiger charge is -2.18. The van der Waals surface area contributed by atoms with E-state index in [1.165, 1.54) is 25.7 Å². The molecule has 4 rings (SSSR count). The Morgan fingerprint density at radius 1 is 1.25 bits per heavy atom. The van der Waals surface area contributed by atoms with Gasteiger partial charge in [0.25, 0.3) is 0 Å². The third-order valence-corrected chi connectivity index (χ3v) is 5.58. The van der Waals surface area contributed by atoms with Crippen LogP contribution in [0.25, 0.3) is 0 Å². The summed E-state index contributed by atoms with van der Waals surface area (Å²) in [5, 5.41) is 14.1. The van der Waals surface area contributed by atoms with Crippen LogP contribution in [0.5, 0.6) is 0 Å². The van der Waals surface area contributed by atoms with Crippen LogP contribution in [-0.2, 0) is 6.42 Å². The van der Waals surface area contributed by atoms with Gasteiger partial charge in [-0.3, -0.25) is 4.57 Å². The highest BCUT2D eigenvalue weighted by Crippen LogP contribution is 2.44. The van der Waals surface area contributed by atoms with Crippen LogP contribution < -0.4 is 4.90 Å². The number of aromatic nitrogens is 5. The largest absolute Gasteiger partial charge is 0.341 e. The molecule has 0 bridgehead atoms. The Morgan fingerprint density at radius 2 is 2.04 bits per heavy atom. The molecule has 0 amide bonds. The lowest BCUT2D eigenvalue weighted by Crippen LogP contribution is -2.22. The summed E-state index contributed by atoms with van der Waals surface area (Å²) in [7, 11) is 0.